The zero-order valence-corrected chi connectivity index (χ0v) is 12.6. The van der Waals surface area contributed by atoms with Gasteiger partial charge in [0.1, 0.15) is 5.75 Å². The van der Waals surface area contributed by atoms with Crippen LogP contribution in [0, 0.1) is 0 Å². The van der Waals surface area contributed by atoms with E-state index in [1.165, 1.54) is 0 Å². The van der Waals surface area contributed by atoms with Gasteiger partial charge in [0.25, 0.3) is 0 Å². The predicted octanol–water partition coefficient (Wildman–Crippen LogP) is 0.731. The van der Waals surface area contributed by atoms with Crippen LogP contribution in [-0.2, 0) is 14.6 Å². The molecule has 0 radical (unpaired) electrons. The van der Waals surface area contributed by atoms with Gasteiger partial charge in [-0.05, 0) is 25.0 Å². The lowest BCUT2D eigenvalue weighted by molar-refractivity contribution is -0.122. The average Bonchev–Trinajstić information content (AvgIpc) is 2.37. The van der Waals surface area contributed by atoms with Gasteiger partial charge in [-0.25, -0.2) is 8.42 Å². The van der Waals surface area contributed by atoms with Crippen LogP contribution in [0.3, 0.4) is 0 Å². The molecule has 1 heterocycles. The Morgan fingerprint density at radius 1 is 1.43 bits per heavy atom. The standard InChI is InChI=1S/C14H20N2O4S/c15-11-3-1-5-13(9-11)20-7-6-14(17)16-12-4-2-8-21(18,19)10-12/h1,3,5,9,12H,2,4,6-8,10,15H2,(H,16,17). The number of carbonyl (C=O) groups excluding carboxylic acids is 1. The van der Waals surface area contributed by atoms with Gasteiger partial charge in [-0.1, -0.05) is 6.07 Å². The highest BCUT2D eigenvalue weighted by Gasteiger charge is 2.25. The van der Waals surface area contributed by atoms with E-state index < -0.39 is 9.84 Å². The van der Waals surface area contributed by atoms with Crippen molar-refractivity contribution in [2.45, 2.75) is 25.3 Å². The van der Waals surface area contributed by atoms with Crippen molar-refractivity contribution in [1.82, 2.24) is 5.32 Å². The molecule has 0 aliphatic carbocycles. The first kappa shape index (κ1) is 15.6. The van der Waals surface area contributed by atoms with Gasteiger partial charge < -0.3 is 15.8 Å². The van der Waals surface area contributed by atoms with E-state index in [4.69, 9.17) is 10.5 Å². The number of hydrogen-bond acceptors (Lipinski definition) is 5. The normalized spacial score (nSPS) is 20.7. The van der Waals surface area contributed by atoms with Gasteiger partial charge in [0.05, 0.1) is 24.5 Å². The number of ether oxygens (including phenoxy) is 1. The fourth-order valence-electron chi connectivity index (χ4n) is 2.30. The van der Waals surface area contributed by atoms with Gasteiger partial charge in [-0.2, -0.15) is 0 Å². The van der Waals surface area contributed by atoms with Crippen LogP contribution in [0.5, 0.6) is 5.75 Å². The minimum atomic E-state index is -3.01. The molecule has 1 saturated heterocycles. The van der Waals surface area contributed by atoms with Crippen LogP contribution >= 0.6 is 0 Å². The number of sulfone groups is 1. The zero-order valence-electron chi connectivity index (χ0n) is 11.7. The summed E-state index contributed by atoms with van der Waals surface area (Å²) in [6.45, 7) is 0.231. The van der Waals surface area contributed by atoms with Crippen LogP contribution in [-0.4, -0.2) is 38.5 Å². The van der Waals surface area contributed by atoms with E-state index in [1.807, 2.05) is 0 Å². The lowest BCUT2D eigenvalue weighted by atomic mass is 10.2. The molecule has 7 heteroatoms. The Bertz CT molecular complexity index is 601. The molecule has 6 nitrogen and oxygen atoms in total. The largest absolute Gasteiger partial charge is 0.493 e. The van der Waals surface area contributed by atoms with Crippen LogP contribution in [0.2, 0.25) is 0 Å². The summed E-state index contributed by atoms with van der Waals surface area (Å²) in [7, 11) is -3.01. The van der Waals surface area contributed by atoms with E-state index in [2.05, 4.69) is 5.32 Å². The molecule has 21 heavy (non-hydrogen) atoms. The minimum Gasteiger partial charge on any atom is -0.493 e. The molecule has 1 aliphatic rings. The van der Waals surface area contributed by atoms with Crippen molar-refractivity contribution in [1.29, 1.82) is 0 Å². The van der Waals surface area contributed by atoms with Crippen molar-refractivity contribution in [3.8, 4) is 5.75 Å². The SMILES string of the molecule is Nc1cccc(OCCC(=O)NC2CCCS(=O)(=O)C2)c1. The smallest absolute Gasteiger partial charge is 0.223 e. The highest BCUT2D eigenvalue weighted by atomic mass is 32.2. The first-order valence-corrected chi connectivity index (χ1v) is 8.75. The number of carbonyl (C=O) groups is 1. The van der Waals surface area contributed by atoms with Gasteiger partial charge in [0.15, 0.2) is 9.84 Å². The number of hydrogen-bond donors (Lipinski definition) is 2. The summed E-state index contributed by atoms with van der Waals surface area (Å²) in [5, 5.41) is 2.75. The van der Waals surface area contributed by atoms with Gasteiger partial charge in [0, 0.05) is 17.8 Å². The van der Waals surface area contributed by atoms with Gasteiger partial charge in [0.2, 0.25) is 5.91 Å². The maximum Gasteiger partial charge on any atom is 0.223 e. The lowest BCUT2D eigenvalue weighted by Gasteiger charge is -2.23. The summed E-state index contributed by atoms with van der Waals surface area (Å²) in [5.74, 6) is 0.677. The van der Waals surface area contributed by atoms with E-state index in [0.717, 1.165) is 0 Å². The van der Waals surface area contributed by atoms with Crippen LogP contribution in [0.25, 0.3) is 0 Å². The fourth-order valence-corrected chi connectivity index (χ4v) is 3.94. The van der Waals surface area contributed by atoms with Crippen molar-refractivity contribution in [2.24, 2.45) is 0 Å². The molecule has 1 fully saturated rings. The maximum absolute atomic E-state index is 11.8. The lowest BCUT2D eigenvalue weighted by Crippen LogP contribution is -2.43. The van der Waals surface area contributed by atoms with E-state index >= 15 is 0 Å². The number of nitrogens with two attached hydrogens (primary N) is 1. The molecule has 1 atom stereocenters. The third-order valence-electron chi connectivity index (χ3n) is 3.28. The second kappa shape index (κ2) is 6.80. The predicted molar refractivity (Wildman–Crippen MR) is 80.8 cm³/mol. The van der Waals surface area contributed by atoms with Crippen LogP contribution in [0.15, 0.2) is 24.3 Å². The Morgan fingerprint density at radius 2 is 2.24 bits per heavy atom. The summed E-state index contributed by atoms with van der Waals surface area (Å²) in [5.41, 5.74) is 6.22. The fraction of sp³-hybridized carbons (Fsp3) is 0.500. The number of anilines is 1. The van der Waals surface area contributed by atoms with Crippen LogP contribution < -0.4 is 15.8 Å². The topological polar surface area (TPSA) is 98.5 Å². The Kier molecular flexibility index (Phi) is 5.06. The third kappa shape index (κ3) is 5.26. The van der Waals surface area contributed by atoms with Gasteiger partial charge in [-0.3, -0.25) is 4.79 Å². The highest BCUT2D eigenvalue weighted by molar-refractivity contribution is 7.91. The van der Waals surface area contributed by atoms with E-state index in [-0.39, 0.29) is 36.5 Å². The van der Waals surface area contributed by atoms with Crippen molar-refractivity contribution in [3.05, 3.63) is 24.3 Å². The molecule has 1 unspecified atom stereocenters. The summed E-state index contributed by atoms with van der Waals surface area (Å²) < 4.78 is 28.4. The van der Waals surface area contributed by atoms with Crippen LogP contribution in [0.4, 0.5) is 5.69 Å². The monoisotopic (exact) mass is 312 g/mol. The van der Waals surface area contributed by atoms with E-state index in [0.29, 0.717) is 24.3 Å². The molecule has 116 valence electrons. The first-order chi connectivity index (χ1) is 9.94. The molecule has 3 N–H and O–H groups in total. The second-order valence-corrected chi connectivity index (χ2v) is 7.42. The summed E-state index contributed by atoms with van der Waals surface area (Å²) in [6.07, 6.45) is 1.50. The molecule has 2 rings (SSSR count). The van der Waals surface area contributed by atoms with Gasteiger partial charge >= 0.3 is 0 Å². The molecule has 1 aromatic rings. The molecule has 0 saturated carbocycles. The molecule has 1 aromatic carbocycles. The average molecular weight is 312 g/mol. The molecule has 0 aromatic heterocycles. The Morgan fingerprint density at radius 3 is 2.95 bits per heavy atom. The Balaban J connectivity index is 1.72. The Labute approximate surface area is 124 Å². The number of nitrogen functional groups attached to an aromatic ring is 1. The Hall–Kier alpha value is -1.76. The maximum atomic E-state index is 11.8. The van der Waals surface area contributed by atoms with Crippen molar-refractivity contribution < 1.29 is 17.9 Å². The summed E-state index contributed by atoms with van der Waals surface area (Å²) in [4.78, 5) is 11.8. The number of rotatable bonds is 5. The summed E-state index contributed by atoms with van der Waals surface area (Å²) >= 11 is 0. The van der Waals surface area contributed by atoms with Crippen molar-refractivity contribution in [3.63, 3.8) is 0 Å². The molecule has 0 spiro atoms. The van der Waals surface area contributed by atoms with Crippen molar-refractivity contribution in [2.75, 3.05) is 23.8 Å². The minimum absolute atomic E-state index is 0.0365. The summed E-state index contributed by atoms with van der Waals surface area (Å²) in [6, 6.07) is 6.71. The molecular weight excluding hydrogens is 292 g/mol. The number of benzene rings is 1. The first-order valence-electron chi connectivity index (χ1n) is 6.93. The zero-order chi connectivity index (χ0) is 15.3. The van der Waals surface area contributed by atoms with Crippen molar-refractivity contribution >= 4 is 21.4 Å². The molecular formula is C14H20N2O4S. The number of amides is 1. The highest BCUT2D eigenvalue weighted by Crippen LogP contribution is 2.15. The van der Waals surface area contributed by atoms with Crippen LogP contribution in [0.1, 0.15) is 19.3 Å². The molecule has 1 aliphatic heterocycles. The van der Waals surface area contributed by atoms with Gasteiger partial charge in [-0.15, -0.1) is 0 Å². The quantitative estimate of drug-likeness (QED) is 0.781. The molecule has 0 bridgehead atoms. The third-order valence-corrected chi connectivity index (χ3v) is 5.11. The second-order valence-electron chi connectivity index (χ2n) is 5.19. The van der Waals surface area contributed by atoms with E-state index in [9.17, 15) is 13.2 Å². The number of nitrogens with one attached hydrogen (secondary N) is 1. The molecule has 1 amide bonds. The van der Waals surface area contributed by atoms with E-state index in [1.54, 1.807) is 24.3 Å².